The lowest BCUT2D eigenvalue weighted by molar-refractivity contribution is 0.506. The SMILES string of the molecule is O=c1c2c(ncn1-c1nc3ccccc3s1)=C(O)C(Cl)=CCC=2Cl. The number of hydrogen-bond donors (Lipinski definition) is 1. The molecule has 0 saturated carbocycles. The molecule has 5 nitrogen and oxygen atoms in total. The second kappa shape index (κ2) is 5.73. The third-order valence-electron chi connectivity index (χ3n) is 3.64. The Morgan fingerprint density at radius 2 is 2.04 bits per heavy atom. The fourth-order valence-electron chi connectivity index (χ4n) is 2.47. The average Bonchev–Trinajstić information content (AvgIpc) is 2.97. The first-order valence-electron chi connectivity index (χ1n) is 6.98. The topological polar surface area (TPSA) is 68.0 Å². The molecule has 4 rings (SSSR count). The van der Waals surface area contributed by atoms with Crippen molar-refractivity contribution in [3.63, 3.8) is 0 Å². The second-order valence-corrected chi connectivity index (χ2v) is 6.99. The van der Waals surface area contributed by atoms with Gasteiger partial charge in [-0.3, -0.25) is 4.79 Å². The quantitative estimate of drug-likeness (QED) is 0.706. The third-order valence-corrected chi connectivity index (χ3v) is 5.36. The van der Waals surface area contributed by atoms with Gasteiger partial charge in [-0.1, -0.05) is 52.7 Å². The summed E-state index contributed by atoms with van der Waals surface area (Å²) in [5, 5.41) is 11.3. The van der Waals surface area contributed by atoms with Crippen molar-refractivity contribution in [2.45, 2.75) is 6.42 Å². The van der Waals surface area contributed by atoms with Crippen LogP contribution in [0.25, 0.3) is 26.1 Å². The molecule has 0 radical (unpaired) electrons. The van der Waals surface area contributed by atoms with E-state index in [2.05, 4.69) is 9.97 Å². The van der Waals surface area contributed by atoms with Crippen molar-refractivity contribution < 1.29 is 5.11 Å². The van der Waals surface area contributed by atoms with Crippen LogP contribution in [0.15, 0.2) is 46.5 Å². The molecule has 2 heterocycles. The molecule has 0 fully saturated rings. The number of halogens is 2. The molecule has 0 atom stereocenters. The Balaban J connectivity index is 2.07. The zero-order valence-corrected chi connectivity index (χ0v) is 14.4. The van der Waals surface area contributed by atoms with E-state index in [9.17, 15) is 9.90 Å². The fourth-order valence-corrected chi connectivity index (χ4v) is 3.82. The molecular weight excluding hydrogens is 369 g/mol. The van der Waals surface area contributed by atoms with Gasteiger partial charge in [-0.05, 0) is 12.1 Å². The summed E-state index contributed by atoms with van der Waals surface area (Å²) in [7, 11) is 0. The van der Waals surface area contributed by atoms with E-state index in [4.69, 9.17) is 23.2 Å². The van der Waals surface area contributed by atoms with Gasteiger partial charge in [-0.25, -0.2) is 14.5 Å². The number of para-hydroxylation sites is 1. The van der Waals surface area contributed by atoms with Crippen molar-refractivity contribution in [1.29, 1.82) is 0 Å². The van der Waals surface area contributed by atoms with E-state index in [1.807, 2.05) is 24.3 Å². The number of benzene rings is 1. The molecule has 120 valence electrons. The molecule has 3 aromatic rings. The molecule has 1 aromatic carbocycles. The Kier molecular flexibility index (Phi) is 3.68. The number of nitrogens with zero attached hydrogens (tertiary/aromatic N) is 3. The minimum absolute atomic E-state index is 0.0844. The Morgan fingerprint density at radius 1 is 1.25 bits per heavy atom. The van der Waals surface area contributed by atoms with Crippen LogP contribution in [0.3, 0.4) is 0 Å². The molecule has 0 aliphatic heterocycles. The Hall–Kier alpha value is -2.15. The number of aliphatic hydroxyl groups is 1. The standard InChI is InChI=1S/C16H9Cl2N3O2S/c17-8-5-6-9(18)14(22)13-12(8)15(23)21(7-19-13)16-20-10-3-1-2-4-11(10)24-16/h1-4,6-7,22H,5H2. The molecule has 2 aromatic heterocycles. The minimum Gasteiger partial charge on any atom is -0.504 e. The Morgan fingerprint density at radius 3 is 2.83 bits per heavy atom. The maximum atomic E-state index is 12.9. The van der Waals surface area contributed by atoms with Crippen molar-refractivity contribution in [2.24, 2.45) is 0 Å². The summed E-state index contributed by atoms with van der Waals surface area (Å²) in [5.74, 6) is -0.254. The summed E-state index contributed by atoms with van der Waals surface area (Å²) in [5.41, 5.74) is 0.406. The molecule has 0 unspecified atom stereocenters. The summed E-state index contributed by atoms with van der Waals surface area (Å²) >= 11 is 13.6. The van der Waals surface area contributed by atoms with Gasteiger partial charge in [0.25, 0.3) is 5.56 Å². The number of rotatable bonds is 1. The molecule has 1 aliphatic carbocycles. The zero-order chi connectivity index (χ0) is 16.8. The molecule has 0 bridgehead atoms. The predicted octanol–water partition coefficient (Wildman–Crippen LogP) is 2.38. The van der Waals surface area contributed by atoms with E-state index in [-0.39, 0.29) is 32.8 Å². The first kappa shape index (κ1) is 15.4. The van der Waals surface area contributed by atoms with Crippen LogP contribution in [-0.2, 0) is 0 Å². The predicted molar refractivity (Wildman–Crippen MR) is 96.1 cm³/mol. The van der Waals surface area contributed by atoms with Crippen molar-refractivity contribution in [2.75, 3.05) is 0 Å². The van der Waals surface area contributed by atoms with Crippen LogP contribution in [0.1, 0.15) is 6.42 Å². The third kappa shape index (κ3) is 2.34. The summed E-state index contributed by atoms with van der Waals surface area (Å²) in [4.78, 5) is 21.5. The van der Waals surface area contributed by atoms with Crippen molar-refractivity contribution in [3.8, 4) is 5.13 Å². The molecule has 0 amide bonds. The summed E-state index contributed by atoms with van der Waals surface area (Å²) in [6, 6.07) is 7.60. The van der Waals surface area contributed by atoms with Crippen LogP contribution in [-0.4, -0.2) is 19.6 Å². The highest BCUT2D eigenvalue weighted by molar-refractivity contribution is 7.20. The Bertz CT molecular complexity index is 1160. The molecular formula is C16H9Cl2N3O2S. The molecule has 0 saturated heterocycles. The largest absolute Gasteiger partial charge is 0.504 e. The lowest BCUT2D eigenvalue weighted by Crippen LogP contribution is -2.47. The lowest BCUT2D eigenvalue weighted by Gasteiger charge is -2.02. The van der Waals surface area contributed by atoms with E-state index in [0.717, 1.165) is 10.2 Å². The average molecular weight is 378 g/mol. The van der Waals surface area contributed by atoms with E-state index in [1.165, 1.54) is 22.2 Å². The van der Waals surface area contributed by atoms with Crippen LogP contribution in [0.4, 0.5) is 0 Å². The highest BCUT2D eigenvalue weighted by atomic mass is 35.5. The van der Waals surface area contributed by atoms with E-state index < -0.39 is 5.56 Å². The number of fused-ring (bicyclic) bond motifs is 2. The number of aromatic nitrogens is 3. The molecule has 8 heteroatoms. The van der Waals surface area contributed by atoms with E-state index in [0.29, 0.717) is 5.13 Å². The minimum atomic E-state index is -0.393. The van der Waals surface area contributed by atoms with Gasteiger partial charge in [-0.2, -0.15) is 0 Å². The first-order valence-corrected chi connectivity index (χ1v) is 8.55. The second-order valence-electron chi connectivity index (χ2n) is 5.12. The van der Waals surface area contributed by atoms with Crippen molar-refractivity contribution in [3.05, 3.63) is 62.6 Å². The zero-order valence-electron chi connectivity index (χ0n) is 12.0. The summed E-state index contributed by atoms with van der Waals surface area (Å²) in [6.07, 6.45) is 3.12. The highest BCUT2D eigenvalue weighted by Crippen LogP contribution is 2.23. The van der Waals surface area contributed by atoms with Gasteiger partial charge in [-0.15, -0.1) is 0 Å². The molecule has 24 heavy (non-hydrogen) atoms. The highest BCUT2D eigenvalue weighted by Gasteiger charge is 2.15. The van der Waals surface area contributed by atoms with Gasteiger partial charge in [0.15, 0.2) is 10.9 Å². The maximum Gasteiger partial charge on any atom is 0.268 e. The summed E-state index contributed by atoms with van der Waals surface area (Å²) in [6.45, 7) is 0. The van der Waals surface area contributed by atoms with Gasteiger partial charge in [0.05, 0.1) is 20.5 Å². The van der Waals surface area contributed by atoms with Crippen LogP contribution < -0.4 is 16.1 Å². The lowest BCUT2D eigenvalue weighted by atomic mass is 10.3. The number of allylic oxidation sites excluding steroid dienone is 1. The van der Waals surface area contributed by atoms with E-state index >= 15 is 0 Å². The van der Waals surface area contributed by atoms with Crippen LogP contribution in [0.2, 0.25) is 0 Å². The van der Waals surface area contributed by atoms with Gasteiger partial charge >= 0.3 is 0 Å². The summed E-state index contributed by atoms with van der Waals surface area (Å²) < 4.78 is 2.29. The normalized spacial score (nSPS) is 14.5. The van der Waals surface area contributed by atoms with Gasteiger partial charge < -0.3 is 5.11 Å². The van der Waals surface area contributed by atoms with Gasteiger partial charge in [0, 0.05) is 11.5 Å². The van der Waals surface area contributed by atoms with Gasteiger partial charge in [0.1, 0.15) is 11.7 Å². The van der Waals surface area contributed by atoms with Crippen LogP contribution in [0, 0.1) is 0 Å². The maximum absolute atomic E-state index is 12.9. The molecule has 1 N–H and O–H groups in total. The van der Waals surface area contributed by atoms with Crippen LogP contribution in [0.5, 0.6) is 0 Å². The van der Waals surface area contributed by atoms with E-state index in [1.54, 1.807) is 6.08 Å². The number of hydrogen-bond acceptors (Lipinski definition) is 5. The Labute approximate surface area is 149 Å². The monoisotopic (exact) mass is 377 g/mol. The van der Waals surface area contributed by atoms with Crippen LogP contribution >= 0.6 is 34.5 Å². The smallest absolute Gasteiger partial charge is 0.268 e. The fraction of sp³-hybridized carbons (Fsp3) is 0.0625. The van der Waals surface area contributed by atoms with Gasteiger partial charge in [0.2, 0.25) is 0 Å². The number of thiazole rings is 1. The molecule has 0 spiro atoms. The number of aliphatic hydroxyl groups excluding tert-OH is 1. The molecule has 1 aliphatic rings. The van der Waals surface area contributed by atoms with Crippen molar-refractivity contribution in [1.82, 2.24) is 14.5 Å². The first-order chi connectivity index (χ1) is 11.6. The van der Waals surface area contributed by atoms with Crippen molar-refractivity contribution >= 4 is 55.5 Å².